The fourth-order valence-electron chi connectivity index (χ4n) is 3.34. The largest absolute Gasteiger partial charge is 0.385 e. The molecule has 0 aliphatic heterocycles. The zero-order chi connectivity index (χ0) is 15.6. The van der Waals surface area contributed by atoms with Crippen molar-refractivity contribution in [2.45, 2.75) is 25.4 Å². The first-order valence-electron chi connectivity index (χ1n) is 7.76. The van der Waals surface area contributed by atoms with Gasteiger partial charge in [-0.3, -0.25) is 0 Å². The number of fused-ring (bicyclic) bond motifs is 2. The average molecular weight is 294 g/mol. The van der Waals surface area contributed by atoms with E-state index in [1.54, 1.807) is 7.11 Å². The molecule has 22 heavy (non-hydrogen) atoms. The van der Waals surface area contributed by atoms with Crippen molar-refractivity contribution >= 4 is 12.2 Å². The topological polar surface area (TPSA) is 29.5 Å². The van der Waals surface area contributed by atoms with Gasteiger partial charge in [-0.1, -0.05) is 54.6 Å². The Morgan fingerprint density at radius 2 is 1.77 bits per heavy atom. The lowest BCUT2D eigenvalue weighted by Gasteiger charge is -2.31. The summed E-state index contributed by atoms with van der Waals surface area (Å²) >= 11 is 0. The first kappa shape index (κ1) is 15.0. The lowest BCUT2D eigenvalue weighted by molar-refractivity contribution is 0.0583. The van der Waals surface area contributed by atoms with Crippen LogP contribution in [0.2, 0.25) is 0 Å². The quantitative estimate of drug-likeness (QED) is 0.859. The molecule has 0 saturated carbocycles. The van der Waals surface area contributed by atoms with Crippen LogP contribution in [0.15, 0.2) is 42.5 Å². The third-order valence-electron chi connectivity index (χ3n) is 4.49. The van der Waals surface area contributed by atoms with E-state index in [4.69, 9.17) is 4.74 Å². The van der Waals surface area contributed by atoms with Crippen LogP contribution in [-0.2, 0) is 10.3 Å². The molecule has 1 atom stereocenters. The summed E-state index contributed by atoms with van der Waals surface area (Å²) in [7, 11) is 1.70. The number of ether oxygens (including phenoxy) is 1. The third kappa shape index (κ3) is 2.49. The van der Waals surface area contributed by atoms with E-state index in [2.05, 4.69) is 31.2 Å². The number of aryl methyl sites for hydroxylation is 1. The molecule has 0 fully saturated rings. The fraction of sp³-hybridized carbons (Fsp3) is 0.300. The summed E-state index contributed by atoms with van der Waals surface area (Å²) in [6, 6.07) is 14.3. The molecule has 1 aliphatic rings. The molecule has 1 aliphatic carbocycles. The van der Waals surface area contributed by atoms with Crippen molar-refractivity contribution in [2.75, 3.05) is 13.7 Å². The molecule has 0 saturated heterocycles. The molecule has 0 aromatic heterocycles. The molecule has 2 nitrogen and oxygen atoms in total. The van der Waals surface area contributed by atoms with Crippen LogP contribution in [0.4, 0.5) is 0 Å². The van der Waals surface area contributed by atoms with Crippen molar-refractivity contribution in [1.82, 2.24) is 0 Å². The van der Waals surface area contributed by atoms with Crippen LogP contribution >= 0.6 is 0 Å². The summed E-state index contributed by atoms with van der Waals surface area (Å²) in [5, 5.41) is 11.6. The average Bonchev–Trinajstić information content (AvgIpc) is 2.65. The Bertz CT molecular complexity index is 703. The maximum absolute atomic E-state index is 11.6. The zero-order valence-corrected chi connectivity index (χ0v) is 13.2. The van der Waals surface area contributed by atoms with E-state index in [0.29, 0.717) is 13.0 Å². The van der Waals surface area contributed by atoms with E-state index in [0.717, 1.165) is 28.7 Å². The predicted molar refractivity (Wildman–Crippen MR) is 90.7 cm³/mol. The smallest absolute Gasteiger partial charge is 0.116 e. The van der Waals surface area contributed by atoms with Gasteiger partial charge in [-0.2, -0.15) is 0 Å². The van der Waals surface area contributed by atoms with Crippen molar-refractivity contribution in [3.8, 4) is 0 Å². The molecule has 1 unspecified atom stereocenters. The summed E-state index contributed by atoms with van der Waals surface area (Å²) in [5.74, 6) is 0. The molecule has 2 aromatic carbocycles. The Kier molecular flexibility index (Phi) is 4.14. The Labute approximate surface area is 132 Å². The van der Waals surface area contributed by atoms with Gasteiger partial charge in [0.05, 0.1) is 0 Å². The lowest BCUT2D eigenvalue weighted by Crippen LogP contribution is -2.29. The molecule has 2 heteroatoms. The van der Waals surface area contributed by atoms with E-state index in [1.165, 1.54) is 5.56 Å². The SMILES string of the molecule is COCCCC1(O)c2ccccc2C=Cc2c(C)cccc21. The first-order valence-corrected chi connectivity index (χ1v) is 7.76. The summed E-state index contributed by atoms with van der Waals surface area (Å²) in [6.45, 7) is 2.74. The van der Waals surface area contributed by atoms with Crippen molar-refractivity contribution in [2.24, 2.45) is 0 Å². The van der Waals surface area contributed by atoms with Gasteiger partial charge in [0.15, 0.2) is 0 Å². The Balaban J connectivity index is 2.18. The molecule has 0 amide bonds. The van der Waals surface area contributed by atoms with Crippen LogP contribution in [-0.4, -0.2) is 18.8 Å². The van der Waals surface area contributed by atoms with Crippen molar-refractivity contribution in [1.29, 1.82) is 0 Å². The molecule has 3 rings (SSSR count). The molecule has 114 valence electrons. The molecule has 0 spiro atoms. The number of hydrogen-bond acceptors (Lipinski definition) is 2. The second-order valence-corrected chi connectivity index (χ2v) is 5.91. The van der Waals surface area contributed by atoms with Crippen LogP contribution in [0.5, 0.6) is 0 Å². The highest BCUT2D eigenvalue weighted by Gasteiger charge is 2.35. The predicted octanol–water partition coefficient (Wildman–Crippen LogP) is 4.14. The molecule has 2 aromatic rings. The maximum Gasteiger partial charge on any atom is 0.116 e. The van der Waals surface area contributed by atoms with E-state index in [-0.39, 0.29) is 0 Å². The van der Waals surface area contributed by atoms with Crippen molar-refractivity contribution in [3.05, 3.63) is 70.3 Å². The van der Waals surface area contributed by atoms with Gasteiger partial charge in [-0.25, -0.2) is 0 Å². The second-order valence-electron chi connectivity index (χ2n) is 5.91. The normalized spacial score (nSPS) is 19.4. The fourth-order valence-corrected chi connectivity index (χ4v) is 3.34. The zero-order valence-electron chi connectivity index (χ0n) is 13.2. The molecule has 0 radical (unpaired) electrons. The minimum absolute atomic E-state index is 0.649. The molecule has 1 N–H and O–H groups in total. The second kappa shape index (κ2) is 6.07. The Hall–Kier alpha value is -1.90. The van der Waals surface area contributed by atoms with E-state index < -0.39 is 5.60 Å². The van der Waals surface area contributed by atoms with Crippen LogP contribution in [0.3, 0.4) is 0 Å². The van der Waals surface area contributed by atoms with Crippen molar-refractivity contribution in [3.63, 3.8) is 0 Å². The third-order valence-corrected chi connectivity index (χ3v) is 4.49. The number of hydrogen-bond donors (Lipinski definition) is 1. The maximum atomic E-state index is 11.6. The van der Waals surface area contributed by atoms with Gasteiger partial charge in [-0.15, -0.1) is 0 Å². The lowest BCUT2D eigenvalue weighted by atomic mass is 9.79. The van der Waals surface area contributed by atoms with Gasteiger partial charge in [0.25, 0.3) is 0 Å². The van der Waals surface area contributed by atoms with Gasteiger partial charge < -0.3 is 9.84 Å². The van der Waals surface area contributed by atoms with Gasteiger partial charge in [0.2, 0.25) is 0 Å². The first-order chi connectivity index (χ1) is 10.7. The van der Waals surface area contributed by atoms with Gasteiger partial charge in [-0.05, 0) is 47.6 Å². The van der Waals surface area contributed by atoms with Gasteiger partial charge >= 0.3 is 0 Å². The number of benzene rings is 2. The minimum Gasteiger partial charge on any atom is -0.385 e. The van der Waals surface area contributed by atoms with Gasteiger partial charge in [0, 0.05) is 13.7 Å². The highest BCUT2D eigenvalue weighted by Crippen LogP contribution is 2.41. The Morgan fingerprint density at radius 3 is 2.59 bits per heavy atom. The summed E-state index contributed by atoms with van der Waals surface area (Å²) < 4.78 is 5.18. The standard InChI is InChI=1S/C20H22O2/c1-15-7-5-10-19-17(15)12-11-16-8-3-4-9-18(16)20(19,21)13-6-14-22-2/h3-5,7-12,21H,6,13-14H2,1-2H3. The molecular weight excluding hydrogens is 272 g/mol. The van der Waals surface area contributed by atoms with Gasteiger partial charge in [0.1, 0.15) is 5.60 Å². The van der Waals surface area contributed by atoms with Crippen LogP contribution < -0.4 is 0 Å². The Morgan fingerprint density at radius 1 is 1.00 bits per heavy atom. The van der Waals surface area contributed by atoms with Crippen LogP contribution in [0.25, 0.3) is 12.2 Å². The van der Waals surface area contributed by atoms with Crippen LogP contribution in [0, 0.1) is 6.92 Å². The number of methoxy groups -OCH3 is 1. The minimum atomic E-state index is -0.972. The summed E-state index contributed by atoms with van der Waals surface area (Å²) in [5.41, 5.74) is 4.39. The summed E-state index contributed by atoms with van der Waals surface area (Å²) in [4.78, 5) is 0. The monoisotopic (exact) mass is 294 g/mol. The highest BCUT2D eigenvalue weighted by molar-refractivity contribution is 5.78. The van der Waals surface area contributed by atoms with Crippen molar-refractivity contribution < 1.29 is 9.84 Å². The van der Waals surface area contributed by atoms with E-state index >= 15 is 0 Å². The molecule has 0 bridgehead atoms. The molecule has 0 heterocycles. The van der Waals surface area contributed by atoms with E-state index in [1.807, 2.05) is 30.3 Å². The number of aliphatic hydroxyl groups is 1. The number of rotatable bonds is 4. The molecular formula is C20H22O2. The summed E-state index contributed by atoms with van der Waals surface area (Å²) in [6.07, 6.45) is 5.69. The highest BCUT2D eigenvalue weighted by atomic mass is 16.5. The van der Waals surface area contributed by atoms with E-state index in [9.17, 15) is 5.11 Å². The van der Waals surface area contributed by atoms with Crippen LogP contribution in [0.1, 0.15) is 40.7 Å².